The zero-order valence-corrected chi connectivity index (χ0v) is 9.13. The number of esters is 2. The molecule has 0 radical (unpaired) electrons. The fourth-order valence-corrected chi connectivity index (χ4v) is 0.661. The van der Waals surface area contributed by atoms with Gasteiger partial charge in [-0.2, -0.15) is 0 Å². The van der Waals surface area contributed by atoms with Crippen molar-refractivity contribution in [2.75, 3.05) is 0 Å². The van der Waals surface area contributed by atoms with E-state index in [1.807, 2.05) is 0 Å². The summed E-state index contributed by atoms with van der Waals surface area (Å²) in [6.45, 7) is 8.14. The van der Waals surface area contributed by atoms with Crippen LogP contribution in [0.15, 0.2) is 12.2 Å². The molecule has 0 saturated heterocycles. The molecule has 0 aromatic carbocycles. The molecule has 0 aromatic heterocycles. The van der Waals surface area contributed by atoms with E-state index in [2.05, 4.69) is 11.3 Å². The first-order valence-corrected chi connectivity index (χ1v) is 4.49. The van der Waals surface area contributed by atoms with Crippen molar-refractivity contribution in [3.8, 4) is 0 Å². The molecular formula is C9H13ClO4. The Kier molecular flexibility index (Phi) is 5.23. The van der Waals surface area contributed by atoms with Crippen molar-refractivity contribution >= 4 is 23.5 Å². The van der Waals surface area contributed by atoms with Crippen LogP contribution in [0.3, 0.4) is 0 Å². The van der Waals surface area contributed by atoms with Crippen molar-refractivity contribution in [2.24, 2.45) is 0 Å². The summed E-state index contributed by atoms with van der Waals surface area (Å²) in [5, 5.41) is 0. The van der Waals surface area contributed by atoms with Gasteiger partial charge in [-0.25, -0.2) is 9.59 Å². The summed E-state index contributed by atoms with van der Waals surface area (Å²) in [6.07, 6.45) is -0.299. The second-order valence-corrected chi connectivity index (χ2v) is 3.38. The van der Waals surface area contributed by atoms with Gasteiger partial charge < -0.3 is 9.47 Å². The van der Waals surface area contributed by atoms with Crippen molar-refractivity contribution in [1.82, 2.24) is 0 Å². The molecule has 80 valence electrons. The Morgan fingerprint density at radius 3 is 2.14 bits per heavy atom. The van der Waals surface area contributed by atoms with E-state index in [0.717, 1.165) is 0 Å². The third kappa shape index (κ3) is 4.87. The van der Waals surface area contributed by atoms with Crippen LogP contribution in [0.25, 0.3) is 0 Å². The minimum absolute atomic E-state index is 0.174. The van der Waals surface area contributed by atoms with Gasteiger partial charge in [-0.3, -0.25) is 0 Å². The summed E-state index contributed by atoms with van der Waals surface area (Å²) in [5.41, 5.74) is -1.24. The predicted octanol–water partition coefficient (Wildman–Crippen LogP) is 1.62. The fraction of sp³-hybridized carbons (Fsp3) is 0.556. The van der Waals surface area contributed by atoms with Crippen LogP contribution in [0.5, 0.6) is 0 Å². The number of rotatable bonds is 4. The molecule has 0 aromatic rings. The van der Waals surface area contributed by atoms with Crippen molar-refractivity contribution in [1.29, 1.82) is 0 Å². The predicted molar refractivity (Wildman–Crippen MR) is 51.8 cm³/mol. The summed E-state index contributed by atoms with van der Waals surface area (Å²) in [6, 6.07) is 0. The second kappa shape index (κ2) is 5.65. The van der Waals surface area contributed by atoms with Crippen LogP contribution in [0.4, 0.5) is 0 Å². The number of carbonyl (C=O) groups is 2. The van der Waals surface area contributed by atoms with Gasteiger partial charge in [0, 0.05) is 5.57 Å². The van der Waals surface area contributed by atoms with Gasteiger partial charge in [-0.1, -0.05) is 18.2 Å². The Hall–Kier alpha value is -1.03. The van der Waals surface area contributed by atoms with Crippen LogP contribution >= 0.6 is 11.6 Å². The van der Waals surface area contributed by atoms with E-state index in [9.17, 15) is 9.59 Å². The lowest BCUT2D eigenvalue weighted by atomic mass is 10.4. The number of carbonyl (C=O) groups excluding carboxylic acids is 2. The van der Waals surface area contributed by atoms with Gasteiger partial charge in [0.2, 0.25) is 0 Å². The van der Waals surface area contributed by atoms with Crippen molar-refractivity contribution in [3.63, 3.8) is 0 Å². The maximum atomic E-state index is 11.1. The van der Waals surface area contributed by atoms with Crippen LogP contribution in [0, 0.1) is 0 Å². The van der Waals surface area contributed by atoms with E-state index in [1.165, 1.54) is 6.92 Å². The van der Waals surface area contributed by atoms with E-state index in [-0.39, 0.29) is 11.7 Å². The van der Waals surface area contributed by atoms with Crippen molar-refractivity contribution < 1.29 is 19.1 Å². The molecule has 0 aliphatic heterocycles. The second-order valence-electron chi connectivity index (χ2n) is 2.99. The maximum absolute atomic E-state index is 11.1. The summed E-state index contributed by atoms with van der Waals surface area (Å²) in [4.78, 5) is 22.0. The molecule has 1 atom stereocenters. The van der Waals surface area contributed by atoms with E-state index in [1.54, 1.807) is 13.8 Å². The van der Waals surface area contributed by atoms with Gasteiger partial charge in [0.05, 0.1) is 6.10 Å². The first kappa shape index (κ1) is 13.0. The van der Waals surface area contributed by atoms with Crippen LogP contribution in [-0.4, -0.2) is 23.6 Å². The number of alkyl halides is 1. The number of hydrogen-bond acceptors (Lipinski definition) is 4. The number of hydrogen-bond donors (Lipinski definition) is 0. The minimum Gasteiger partial charge on any atom is -0.459 e. The summed E-state index contributed by atoms with van der Waals surface area (Å²) in [5.74, 6) is -1.50. The minimum atomic E-state index is -1.42. The average Bonchev–Trinajstić information content (AvgIpc) is 2.02. The van der Waals surface area contributed by atoms with E-state index in [4.69, 9.17) is 16.3 Å². The molecule has 0 spiro atoms. The van der Waals surface area contributed by atoms with Crippen LogP contribution in [-0.2, 0) is 19.1 Å². The van der Waals surface area contributed by atoms with E-state index in [0.29, 0.717) is 0 Å². The highest BCUT2D eigenvalue weighted by atomic mass is 35.5. The van der Waals surface area contributed by atoms with E-state index < -0.39 is 17.5 Å². The zero-order chi connectivity index (χ0) is 11.3. The molecule has 0 amide bonds. The van der Waals surface area contributed by atoms with Gasteiger partial charge >= 0.3 is 11.9 Å². The third-order valence-corrected chi connectivity index (χ3v) is 1.36. The summed E-state index contributed by atoms with van der Waals surface area (Å²) >= 11 is 5.46. The highest BCUT2D eigenvalue weighted by molar-refractivity contribution is 6.29. The monoisotopic (exact) mass is 220 g/mol. The Morgan fingerprint density at radius 1 is 1.29 bits per heavy atom. The number of ether oxygens (including phenoxy) is 2. The molecule has 0 bridgehead atoms. The first-order chi connectivity index (χ1) is 6.34. The molecule has 0 fully saturated rings. The fourth-order valence-electron chi connectivity index (χ4n) is 0.528. The van der Waals surface area contributed by atoms with Gasteiger partial charge in [0.1, 0.15) is 0 Å². The standard InChI is InChI=1S/C9H13ClO4/c1-5(2)8(11)14-7(10)9(12)13-6(3)4/h6-7H,1H2,2-4H3. The van der Waals surface area contributed by atoms with E-state index >= 15 is 0 Å². The highest BCUT2D eigenvalue weighted by Gasteiger charge is 2.22. The Bertz CT molecular complexity index is 247. The van der Waals surface area contributed by atoms with Gasteiger partial charge in [-0.15, -0.1) is 0 Å². The lowest BCUT2D eigenvalue weighted by molar-refractivity contribution is -0.162. The molecule has 0 rings (SSSR count). The summed E-state index contributed by atoms with van der Waals surface area (Å²) in [7, 11) is 0. The smallest absolute Gasteiger partial charge is 0.363 e. The van der Waals surface area contributed by atoms with Gasteiger partial charge in [0.25, 0.3) is 5.56 Å². The maximum Gasteiger partial charge on any atom is 0.363 e. The normalized spacial score (nSPS) is 12.1. The lowest BCUT2D eigenvalue weighted by Gasteiger charge is -2.12. The quantitative estimate of drug-likeness (QED) is 0.411. The Balaban J connectivity index is 4.08. The molecule has 5 heteroatoms. The molecule has 0 aliphatic rings. The molecule has 4 nitrogen and oxygen atoms in total. The van der Waals surface area contributed by atoms with Gasteiger partial charge in [-0.05, 0) is 20.8 Å². The SMILES string of the molecule is C=C(C)C(=O)OC(Cl)C(=O)OC(C)C. The topological polar surface area (TPSA) is 52.6 Å². The van der Waals surface area contributed by atoms with Crippen LogP contribution in [0.2, 0.25) is 0 Å². The molecule has 0 aliphatic carbocycles. The molecule has 1 unspecified atom stereocenters. The van der Waals surface area contributed by atoms with Gasteiger partial charge in [0.15, 0.2) is 0 Å². The Morgan fingerprint density at radius 2 is 1.79 bits per heavy atom. The Labute approximate surface area is 87.8 Å². The van der Waals surface area contributed by atoms with Crippen LogP contribution < -0.4 is 0 Å². The summed E-state index contributed by atoms with van der Waals surface area (Å²) < 4.78 is 9.24. The molecule has 0 heterocycles. The lowest BCUT2D eigenvalue weighted by Crippen LogP contribution is -2.26. The highest BCUT2D eigenvalue weighted by Crippen LogP contribution is 2.06. The number of halogens is 1. The van der Waals surface area contributed by atoms with Crippen LogP contribution in [0.1, 0.15) is 20.8 Å². The molecule has 0 N–H and O–H groups in total. The average molecular weight is 221 g/mol. The zero-order valence-electron chi connectivity index (χ0n) is 8.37. The largest absolute Gasteiger partial charge is 0.459 e. The first-order valence-electron chi connectivity index (χ1n) is 4.05. The third-order valence-electron chi connectivity index (χ3n) is 1.10. The van der Waals surface area contributed by atoms with Crippen molar-refractivity contribution in [2.45, 2.75) is 32.4 Å². The molecule has 0 saturated carbocycles. The molecule has 14 heavy (non-hydrogen) atoms. The molecular weight excluding hydrogens is 208 g/mol. The van der Waals surface area contributed by atoms with Crippen molar-refractivity contribution in [3.05, 3.63) is 12.2 Å².